The maximum atomic E-state index is 11.2. The standard InChI is InChI=1S/C15H20N2O2/c1-10-13(11-7-5-6-8-12(11)17-10)15(2,3)9-16-14(18)19-4/h5-8,17H,9H2,1-4H3,(H,16,18). The van der Waals surface area contributed by atoms with Gasteiger partial charge < -0.3 is 15.0 Å². The second kappa shape index (κ2) is 4.96. The molecule has 0 atom stereocenters. The van der Waals surface area contributed by atoms with Gasteiger partial charge in [-0.05, 0) is 18.6 Å². The monoisotopic (exact) mass is 260 g/mol. The highest BCUT2D eigenvalue weighted by Crippen LogP contribution is 2.32. The molecule has 1 aromatic carbocycles. The van der Waals surface area contributed by atoms with E-state index in [4.69, 9.17) is 0 Å². The summed E-state index contributed by atoms with van der Waals surface area (Å²) in [5, 5.41) is 3.98. The average Bonchev–Trinajstić information content (AvgIpc) is 2.72. The third kappa shape index (κ3) is 2.57. The lowest BCUT2D eigenvalue weighted by molar-refractivity contribution is 0.168. The van der Waals surface area contributed by atoms with E-state index in [0.717, 1.165) is 11.2 Å². The molecule has 102 valence electrons. The van der Waals surface area contributed by atoms with Gasteiger partial charge in [-0.15, -0.1) is 0 Å². The van der Waals surface area contributed by atoms with Gasteiger partial charge in [0, 0.05) is 28.6 Å². The zero-order valence-corrected chi connectivity index (χ0v) is 11.8. The molecule has 0 aliphatic carbocycles. The van der Waals surface area contributed by atoms with Crippen molar-refractivity contribution in [2.24, 2.45) is 0 Å². The quantitative estimate of drug-likeness (QED) is 0.891. The van der Waals surface area contributed by atoms with Crippen LogP contribution in [0.2, 0.25) is 0 Å². The van der Waals surface area contributed by atoms with Crippen LogP contribution in [-0.2, 0) is 10.2 Å². The lowest BCUT2D eigenvalue weighted by Crippen LogP contribution is -2.36. The summed E-state index contributed by atoms with van der Waals surface area (Å²) >= 11 is 0. The molecule has 4 nitrogen and oxygen atoms in total. The molecule has 0 saturated carbocycles. The highest BCUT2D eigenvalue weighted by molar-refractivity contribution is 5.85. The summed E-state index contributed by atoms with van der Waals surface area (Å²) in [6, 6.07) is 8.22. The number of hydrogen-bond acceptors (Lipinski definition) is 2. The fourth-order valence-electron chi connectivity index (χ4n) is 2.60. The van der Waals surface area contributed by atoms with Crippen LogP contribution in [0, 0.1) is 6.92 Å². The van der Waals surface area contributed by atoms with E-state index in [-0.39, 0.29) is 5.41 Å². The number of nitrogens with one attached hydrogen (secondary N) is 2. The van der Waals surface area contributed by atoms with Crippen LogP contribution in [0.5, 0.6) is 0 Å². The summed E-state index contributed by atoms with van der Waals surface area (Å²) in [5.74, 6) is 0. The van der Waals surface area contributed by atoms with Crippen LogP contribution < -0.4 is 5.32 Å². The fourth-order valence-corrected chi connectivity index (χ4v) is 2.60. The van der Waals surface area contributed by atoms with E-state index >= 15 is 0 Å². The molecular weight excluding hydrogens is 240 g/mol. The van der Waals surface area contributed by atoms with E-state index in [2.05, 4.69) is 47.9 Å². The SMILES string of the molecule is COC(=O)NCC(C)(C)c1c(C)[nH]c2ccccc12. The Hall–Kier alpha value is -1.97. The van der Waals surface area contributed by atoms with Crippen LogP contribution in [-0.4, -0.2) is 24.7 Å². The Labute approximate surface area is 113 Å². The van der Waals surface area contributed by atoms with Gasteiger partial charge in [-0.1, -0.05) is 32.0 Å². The number of aryl methyl sites for hydroxylation is 1. The normalized spacial score (nSPS) is 11.6. The van der Waals surface area contributed by atoms with Crippen molar-refractivity contribution in [2.45, 2.75) is 26.2 Å². The second-order valence-corrected chi connectivity index (χ2v) is 5.40. The number of benzene rings is 1. The number of amides is 1. The highest BCUT2D eigenvalue weighted by Gasteiger charge is 2.27. The first-order valence-electron chi connectivity index (χ1n) is 6.35. The Morgan fingerprint density at radius 2 is 2.05 bits per heavy atom. The first-order chi connectivity index (χ1) is 8.95. The molecule has 1 aromatic heterocycles. The van der Waals surface area contributed by atoms with Crippen molar-refractivity contribution in [2.75, 3.05) is 13.7 Å². The number of para-hydroxylation sites is 1. The van der Waals surface area contributed by atoms with Crippen LogP contribution in [0.15, 0.2) is 24.3 Å². The average molecular weight is 260 g/mol. The smallest absolute Gasteiger partial charge is 0.406 e. The molecule has 0 aliphatic rings. The molecule has 0 aliphatic heterocycles. The van der Waals surface area contributed by atoms with Gasteiger partial charge in [-0.2, -0.15) is 0 Å². The third-order valence-electron chi connectivity index (χ3n) is 3.43. The van der Waals surface area contributed by atoms with E-state index in [1.165, 1.54) is 18.1 Å². The number of alkyl carbamates (subject to hydrolysis) is 1. The number of ether oxygens (including phenoxy) is 1. The Kier molecular flexibility index (Phi) is 3.51. The minimum atomic E-state index is -0.398. The van der Waals surface area contributed by atoms with Gasteiger partial charge in [0.15, 0.2) is 0 Å². The number of methoxy groups -OCH3 is 1. The molecule has 0 fully saturated rings. The van der Waals surface area contributed by atoms with Gasteiger partial charge in [0.1, 0.15) is 0 Å². The summed E-state index contributed by atoms with van der Waals surface area (Å²) in [7, 11) is 1.37. The number of H-pyrrole nitrogens is 1. The molecule has 2 aromatic rings. The molecule has 2 rings (SSSR count). The number of aromatic nitrogens is 1. The van der Waals surface area contributed by atoms with Crippen LogP contribution in [0.4, 0.5) is 4.79 Å². The predicted octanol–water partition coefficient (Wildman–Crippen LogP) is 3.11. The van der Waals surface area contributed by atoms with E-state index < -0.39 is 6.09 Å². The molecule has 0 bridgehead atoms. The summed E-state index contributed by atoms with van der Waals surface area (Å²) in [6.07, 6.45) is -0.398. The van der Waals surface area contributed by atoms with Crippen molar-refractivity contribution >= 4 is 17.0 Å². The van der Waals surface area contributed by atoms with Crippen molar-refractivity contribution in [3.05, 3.63) is 35.5 Å². The molecule has 0 radical (unpaired) electrons. The zero-order chi connectivity index (χ0) is 14.0. The second-order valence-electron chi connectivity index (χ2n) is 5.40. The zero-order valence-electron chi connectivity index (χ0n) is 11.8. The van der Waals surface area contributed by atoms with Crippen molar-refractivity contribution < 1.29 is 9.53 Å². The highest BCUT2D eigenvalue weighted by atomic mass is 16.5. The topological polar surface area (TPSA) is 54.1 Å². The minimum absolute atomic E-state index is 0.169. The van der Waals surface area contributed by atoms with E-state index in [1.807, 2.05) is 12.1 Å². The van der Waals surface area contributed by atoms with Gasteiger partial charge in [0.25, 0.3) is 0 Å². The van der Waals surface area contributed by atoms with Gasteiger partial charge in [0.2, 0.25) is 0 Å². The van der Waals surface area contributed by atoms with Crippen molar-refractivity contribution in [3.8, 4) is 0 Å². The number of rotatable bonds is 3. The molecule has 19 heavy (non-hydrogen) atoms. The first-order valence-corrected chi connectivity index (χ1v) is 6.35. The van der Waals surface area contributed by atoms with Crippen LogP contribution in [0.1, 0.15) is 25.1 Å². The molecule has 1 heterocycles. The third-order valence-corrected chi connectivity index (χ3v) is 3.43. The molecule has 4 heteroatoms. The number of aromatic amines is 1. The maximum absolute atomic E-state index is 11.2. The Bertz CT molecular complexity index is 599. The van der Waals surface area contributed by atoms with Gasteiger partial charge in [0.05, 0.1) is 7.11 Å². The summed E-state index contributed by atoms with van der Waals surface area (Å²) in [6.45, 7) is 6.83. The van der Waals surface area contributed by atoms with Crippen molar-refractivity contribution in [1.82, 2.24) is 10.3 Å². The van der Waals surface area contributed by atoms with Gasteiger partial charge in [-0.3, -0.25) is 0 Å². The first kappa shape index (κ1) is 13.5. The lowest BCUT2D eigenvalue weighted by atomic mass is 9.82. The summed E-state index contributed by atoms with van der Waals surface area (Å²) < 4.78 is 4.62. The van der Waals surface area contributed by atoms with Crippen molar-refractivity contribution in [1.29, 1.82) is 0 Å². The Morgan fingerprint density at radius 1 is 1.37 bits per heavy atom. The van der Waals surface area contributed by atoms with Crippen LogP contribution in [0.3, 0.4) is 0 Å². The van der Waals surface area contributed by atoms with Gasteiger partial charge in [-0.25, -0.2) is 4.79 Å². The Balaban J connectivity index is 2.36. The van der Waals surface area contributed by atoms with Gasteiger partial charge >= 0.3 is 6.09 Å². The molecule has 0 unspecified atom stereocenters. The van der Waals surface area contributed by atoms with Crippen LogP contribution in [0.25, 0.3) is 10.9 Å². The van der Waals surface area contributed by atoms with E-state index in [9.17, 15) is 4.79 Å². The minimum Gasteiger partial charge on any atom is -0.453 e. The van der Waals surface area contributed by atoms with Crippen molar-refractivity contribution in [3.63, 3.8) is 0 Å². The Morgan fingerprint density at radius 3 is 2.74 bits per heavy atom. The van der Waals surface area contributed by atoms with E-state index in [0.29, 0.717) is 6.54 Å². The molecule has 1 amide bonds. The lowest BCUT2D eigenvalue weighted by Gasteiger charge is -2.25. The summed E-state index contributed by atoms with van der Waals surface area (Å²) in [5.41, 5.74) is 3.33. The van der Waals surface area contributed by atoms with E-state index in [1.54, 1.807) is 0 Å². The fraction of sp³-hybridized carbons (Fsp3) is 0.400. The number of carbonyl (C=O) groups excluding carboxylic acids is 1. The maximum Gasteiger partial charge on any atom is 0.406 e. The predicted molar refractivity (Wildman–Crippen MR) is 76.5 cm³/mol. The molecular formula is C15H20N2O2. The molecule has 0 saturated heterocycles. The molecule has 0 spiro atoms. The van der Waals surface area contributed by atoms with Crippen LogP contribution >= 0.6 is 0 Å². The number of hydrogen-bond donors (Lipinski definition) is 2. The largest absolute Gasteiger partial charge is 0.453 e. The number of fused-ring (bicyclic) bond motifs is 1. The molecule has 2 N–H and O–H groups in total. The summed E-state index contributed by atoms with van der Waals surface area (Å²) in [4.78, 5) is 14.6. The number of carbonyl (C=O) groups is 1.